The lowest BCUT2D eigenvalue weighted by Crippen LogP contribution is -2.53. The van der Waals surface area contributed by atoms with Gasteiger partial charge in [0.1, 0.15) is 0 Å². The third-order valence-electron chi connectivity index (χ3n) is 6.73. The molecule has 0 radical (unpaired) electrons. The molecule has 39 heavy (non-hydrogen) atoms. The molecule has 1 N–H and O–H groups in total. The fourth-order valence-corrected chi connectivity index (χ4v) is 7.03. The van der Waals surface area contributed by atoms with Gasteiger partial charge in [0, 0.05) is 32.0 Å². The molecule has 2 heterocycles. The zero-order valence-corrected chi connectivity index (χ0v) is 24.5. The molecule has 1 amide bonds. The van der Waals surface area contributed by atoms with Gasteiger partial charge in [-0.1, -0.05) is 44.2 Å². The number of carbonyl (C=O) groups is 1. The number of rotatable bonds is 6. The van der Waals surface area contributed by atoms with Gasteiger partial charge in [0.15, 0.2) is 5.75 Å². The molecule has 1 atom stereocenters. The van der Waals surface area contributed by atoms with E-state index in [-0.39, 0.29) is 24.5 Å². The molecule has 1 aliphatic rings. The molecule has 11 heteroatoms. The van der Waals surface area contributed by atoms with E-state index in [4.69, 9.17) is 0 Å². The Balaban J connectivity index is 0.00000205. The van der Waals surface area contributed by atoms with Crippen molar-refractivity contribution in [3.05, 3.63) is 83.2 Å². The van der Waals surface area contributed by atoms with Crippen molar-refractivity contribution >= 4 is 26.0 Å². The van der Waals surface area contributed by atoms with E-state index in [1.807, 2.05) is 58.0 Å². The normalized spacial score (nSPS) is 16.4. The first kappa shape index (κ1) is 30.4. The Morgan fingerprint density at radius 2 is 1.67 bits per heavy atom. The first-order valence-electron chi connectivity index (χ1n) is 12.7. The fraction of sp³-hybridized carbons (Fsp3) is 0.357. The summed E-state index contributed by atoms with van der Waals surface area (Å²) >= 11 is 0. The number of pyridine rings is 1. The fourth-order valence-electron chi connectivity index (χ4n) is 4.64. The highest BCUT2D eigenvalue weighted by Crippen LogP contribution is 2.35. The number of benzene rings is 2. The molecular weight excluding hydrogens is 538 g/mol. The summed E-state index contributed by atoms with van der Waals surface area (Å²) in [4.78, 5) is 18.3. The summed E-state index contributed by atoms with van der Waals surface area (Å²) in [5.74, 6) is -1.84. The Labute approximate surface area is 231 Å². The van der Waals surface area contributed by atoms with Gasteiger partial charge in [0.05, 0.1) is 10.9 Å². The number of amides is 1. The van der Waals surface area contributed by atoms with Gasteiger partial charge in [0.25, 0.3) is 10.1 Å². The minimum absolute atomic E-state index is 0.00188. The van der Waals surface area contributed by atoms with Crippen LogP contribution in [0.3, 0.4) is 0 Å². The number of sulfonamides is 1. The summed E-state index contributed by atoms with van der Waals surface area (Å²) < 4.78 is 61.1. The van der Waals surface area contributed by atoms with Crippen LogP contribution in [-0.4, -0.2) is 66.9 Å². The van der Waals surface area contributed by atoms with Crippen LogP contribution in [0.25, 0.3) is 11.1 Å². The maximum Gasteiger partial charge on any atom is 0.274 e. The molecule has 210 valence electrons. The topological polar surface area (TPSA) is 125 Å². The van der Waals surface area contributed by atoms with E-state index in [1.54, 1.807) is 37.5 Å². The van der Waals surface area contributed by atoms with Crippen LogP contribution in [0.1, 0.15) is 42.1 Å². The Morgan fingerprint density at radius 1 is 0.974 bits per heavy atom. The van der Waals surface area contributed by atoms with E-state index in [2.05, 4.69) is 4.98 Å². The van der Waals surface area contributed by atoms with Crippen LogP contribution in [0.5, 0.6) is 0 Å². The van der Waals surface area contributed by atoms with Gasteiger partial charge < -0.3 is 4.90 Å². The third-order valence-corrected chi connectivity index (χ3v) is 9.40. The van der Waals surface area contributed by atoms with Gasteiger partial charge in [-0.2, -0.15) is 12.7 Å². The van der Waals surface area contributed by atoms with Crippen LogP contribution < -0.4 is 0 Å². The van der Waals surface area contributed by atoms with Crippen molar-refractivity contribution in [2.45, 2.75) is 45.6 Å². The second-order valence-corrected chi connectivity index (χ2v) is 12.5. The van der Waals surface area contributed by atoms with Crippen LogP contribution in [0, 0.1) is 20.8 Å². The molecular formula is C28H35N3O6S2. The molecule has 1 saturated heterocycles. The molecule has 1 aromatic heterocycles. The number of hydrogen-bond donors (Lipinski definition) is 1. The van der Waals surface area contributed by atoms with E-state index in [0.717, 1.165) is 22.3 Å². The number of hydrogen-bond acceptors (Lipinski definition) is 6. The van der Waals surface area contributed by atoms with Crippen LogP contribution in [0.2, 0.25) is 0 Å². The molecule has 0 aliphatic carbocycles. The summed E-state index contributed by atoms with van der Waals surface area (Å²) in [5, 5.41) is 0. The van der Waals surface area contributed by atoms with E-state index in [0.29, 0.717) is 11.1 Å². The second kappa shape index (κ2) is 12.4. The molecule has 9 nitrogen and oxygen atoms in total. The van der Waals surface area contributed by atoms with Gasteiger partial charge >= 0.3 is 0 Å². The predicted molar refractivity (Wildman–Crippen MR) is 151 cm³/mol. The van der Waals surface area contributed by atoms with E-state index >= 15 is 0 Å². The van der Waals surface area contributed by atoms with Gasteiger partial charge in [-0.15, -0.1) is 0 Å². The Bertz CT molecular complexity index is 1550. The van der Waals surface area contributed by atoms with Crippen molar-refractivity contribution in [1.82, 2.24) is 14.2 Å². The quantitative estimate of drug-likeness (QED) is 0.439. The molecule has 2 aromatic carbocycles. The highest BCUT2D eigenvalue weighted by atomic mass is 32.2. The molecule has 1 aliphatic heterocycles. The molecule has 0 spiro atoms. The average Bonchev–Trinajstić information content (AvgIpc) is 2.90. The zero-order valence-electron chi connectivity index (χ0n) is 22.8. The lowest BCUT2D eigenvalue weighted by molar-refractivity contribution is -0.130. The maximum absolute atomic E-state index is 13.9. The average molecular weight is 574 g/mol. The molecule has 4 rings (SSSR count). The highest BCUT2D eigenvalue weighted by molar-refractivity contribution is 7.89. The van der Waals surface area contributed by atoms with Crippen molar-refractivity contribution in [2.24, 2.45) is 0 Å². The largest absolute Gasteiger partial charge is 0.338 e. The maximum atomic E-state index is 13.9. The van der Waals surface area contributed by atoms with Crippen molar-refractivity contribution < 1.29 is 26.2 Å². The monoisotopic (exact) mass is 573 g/mol. The summed E-state index contributed by atoms with van der Waals surface area (Å²) in [6, 6.07) is 13.6. The second-order valence-electron chi connectivity index (χ2n) is 9.21. The van der Waals surface area contributed by atoms with Crippen molar-refractivity contribution in [1.29, 1.82) is 0 Å². The Hall–Kier alpha value is -3.12. The van der Waals surface area contributed by atoms with E-state index in [1.165, 1.54) is 9.21 Å². The smallest absolute Gasteiger partial charge is 0.274 e. The van der Waals surface area contributed by atoms with Crippen molar-refractivity contribution in [3.8, 4) is 11.1 Å². The molecule has 1 unspecified atom stereocenters. The summed E-state index contributed by atoms with van der Waals surface area (Å²) in [6.45, 7) is 9.45. The number of aromatic nitrogens is 1. The Morgan fingerprint density at radius 3 is 2.33 bits per heavy atom. The first-order valence-corrected chi connectivity index (χ1v) is 15.8. The standard InChI is InChI=1S/C26H29N3O6S2.C2H6/c1-18-6-4-9-25(20(18)3)37(34,35)29-13-12-28(26(30)17-36(31,32)33)16-24(29)22-8-5-7-21(14-22)23-10-11-27-15-19(23)2;1-2/h4-11,14-15,24H,12-13,16-17H2,1-3H3,(H,31,32,33);1-2H3. The minimum Gasteiger partial charge on any atom is -0.338 e. The molecule has 3 aromatic rings. The van der Waals surface area contributed by atoms with Crippen molar-refractivity contribution in [2.75, 3.05) is 25.4 Å². The van der Waals surface area contributed by atoms with Crippen LogP contribution in [0.15, 0.2) is 65.8 Å². The van der Waals surface area contributed by atoms with Crippen LogP contribution in [0.4, 0.5) is 0 Å². The molecule has 0 bridgehead atoms. The van der Waals surface area contributed by atoms with Gasteiger partial charge in [0.2, 0.25) is 15.9 Å². The SMILES string of the molecule is CC.Cc1cnccc1-c1cccc(C2CN(C(=O)CS(=O)(=O)O)CCN2S(=O)(=O)c2cccc(C)c2C)c1. The zero-order chi connectivity index (χ0) is 29.0. The lowest BCUT2D eigenvalue weighted by Gasteiger charge is -2.41. The molecule has 0 saturated carbocycles. The van der Waals surface area contributed by atoms with Crippen LogP contribution in [-0.2, 0) is 24.9 Å². The number of piperazine rings is 1. The predicted octanol–water partition coefficient (Wildman–Crippen LogP) is 4.16. The van der Waals surface area contributed by atoms with Crippen LogP contribution >= 0.6 is 0 Å². The number of nitrogens with zero attached hydrogens (tertiary/aromatic N) is 3. The summed E-state index contributed by atoms with van der Waals surface area (Å²) in [6.07, 6.45) is 3.43. The van der Waals surface area contributed by atoms with E-state index < -0.39 is 37.8 Å². The highest BCUT2D eigenvalue weighted by Gasteiger charge is 2.39. The summed E-state index contributed by atoms with van der Waals surface area (Å²) in [7, 11) is -8.49. The molecule has 1 fully saturated rings. The van der Waals surface area contributed by atoms with Gasteiger partial charge in [-0.25, -0.2) is 8.42 Å². The summed E-state index contributed by atoms with van der Waals surface area (Å²) in [5.41, 5.74) is 4.90. The Kier molecular flexibility index (Phi) is 9.65. The van der Waals surface area contributed by atoms with Crippen molar-refractivity contribution in [3.63, 3.8) is 0 Å². The third kappa shape index (κ3) is 6.91. The minimum atomic E-state index is -4.53. The first-order chi connectivity index (χ1) is 18.4. The lowest BCUT2D eigenvalue weighted by atomic mass is 9.97. The van der Waals surface area contributed by atoms with Gasteiger partial charge in [-0.05, 0) is 72.4 Å². The number of aryl methyl sites for hydroxylation is 2. The van der Waals surface area contributed by atoms with E-state index in [9.17, 15) is 26.2 Å². The number of carbonyl (C=O) groups excluding carboxylic acids is 1. The van der Waals surface area contributed by atoms with Gasteiger partial charge in [-0.3, -0.25) is 14.3 Å².